The highest BCUT2D eigenvalue weighted by molar-refractivity contribution is 6.39. The Labute approximate surface area is 290 Å². The number of benzene rings is 2. The number of hydrogen-bond donors (Lipinski definition) is 4. The predicted octanol–water partition coefficient (Wildman–Crippen LogP) is 6.51. The van der Waals surface area contributed by atoms with E-state index in [1.807, 2.05) is 49.5 Å². The number of halogens is 2. The fourth-order valence-electron chi connectivity index (χ4n) is 6.19. The fourth-order valence-corrected chi connectivity index (χ4v) is 6.84. The number of aromatic nitrogens is 3. The van der Waals surface area contributed by atoms with E-state index < -0.39 is 5.60 Å². The van der Waals surface area contributed by atoms with Gasteiger partial charge >= 0.3 is 0 Å². The van der Waals surface area contributed by atoms with Gasteiger partial charge in [0, 0.05) is 96.8 Å². The zero-order valence-electron chi connectivity index (χ0n) is 27.5. The van der Waals surface area contributed by atoms with Gasteiger partial charge in [0.1, 0.15) is 0 Å². The van der Waals surface area contributed by atoms with E-state index in [-0.39, 0.29) is 11.9 Å². The monoisotopic (exact) mass is 686 g/mol. The number of carbonyl (C=O) groups is 1. The molecule has 11 heteroatoms. The molecule has 0 spiro atoms. The van der Waals surface area contributed by atoms with Crippen LogP contribution >= 0.6 is 23.2 Å². The molecule has 1 aliphatic rings. The molecule has 250 valence electrons. The van der Waals surface area contributed by atoms with Crippen molar-refractivity contribution < 1.29 is 14.6 Å². The van der Waals surface area contributed by atoms with Crippen molar-refractivity contribution in [3.63, 3.8) is 0 Å². The van der Waals surface area contributed by atoms with Crippen LogP contribution in [-0.4, -0.2) is 57.4 Å². The minimum Gasteiger partial charge on any atom is -0.481 e. The average molecular weight is 688 g/mol. The molecule has 1 fully saturated rings. The summed E-state index contributed by atoms with van der Waals surface area (Å²) in [5.74, 6) is 0.610. The van der Waals surface area contributed by atoms with Crippen molar-refractivity contribution in [2.75, 3.05) is 20.2 Å². The second-order valence-corrected chi connectivity index (χ2v) is 13.7. The largest absolute Gasteiger partial charge is 0.481 e. The summed E-state index contributed by atoms with van der Waals surface area (Å²) in [5.41, 5.74) is 6.86. The van der Waals surface area contributed by atoms with Gasteiger partial charge in [0.05, 0.1) is 34.1 Å². The summed E-state index contributed by atoms with van der Waals surface area (Å²) >= 11 is 14.2. The van der Waals surface area contributed by atoms with Crippen molar-refractivity contribution in [3.8, 4) is 39.5 Å². The number of nitrogens with zero attached hydrogens (tertiary/aromatic N) is 3. The molecule has 0 radical (unpaired) electrons. The molecule has 1 amide bonds. The zero-order chi connectivity index (χ0) is 34.0. The Bertz CT molecular complexity index is 1970. The van der Waals surface area contributed by atoms with E-state index in [2.05, 4.69) is 43.8 Å². The number of aryl methyl sites for hydroxylation is 1. The second kappa shape index (κ2) is 14.2. The zero-order valence-corrected chi connectivity index (χ0v) is 29.0. The van der Waals surface area contributed by atoms with Crippen LogP contribution < -0.4 is 20.7 Å². The Kier molecular flexibility index (Phi) is 10.1. The van der Waals surface area contributed by atoms with Crippen molar-refractivity contribution >= 4 is 40.0 Å². The topological polar surface area (TPSA) is 113 Å². The molecule has 1 atom stereocenters. The van der Waals surface area contributed by atoms with Crippen molar-refractivity contribution in [2.24, 2.45) is 7.05 Å². The molecule has 1 aliphatic heterocycles. The van der Waals surface area contributed by atoms with Crippen LogP contribution in [0.3, 0.4) is 0 Å². The molecule has 0 aliphatic carbocycles. The highest BCUT2D eigenvalue weighted by Crippen LogP contribution is 2.42. The average Bonchev–Trinajstić information content (AvgIpc) is 3.62. The molecule has 6 rings (SSSR count). The summed E-state index contributed by atoms with van der Waals surface area (Å²) in [4.78, 5) is 21.0. The number of pyridine rings is 2. The van der Waals surface area contributed by atoms with E-state index in [0.717, 1.165) is 50.7 Å². The summed E-state index contributed by atoms with van der Waals surface area (Å²) in [5, 5.41) is 21.9. The van der Waals surface area contributed by atoms with Crippen molar-refractivity contribution in [3.05, 3.63) is 88.2 Å². The summed E-state index contributed by atoms with van der Waals surface area (Å²) < 4.78 is 7.74. The maximum Gasteiger partial charge on any atom is 0.220 e. The van der Waals surface area contributed by atoms with E-state index in [1.54, 1.807) is 27.2 Å². The Morgan fingerprint density at radius 2 is 1.79 bits per heavy atom. The molecule has 4 N–H and O–H groups in total. The quantitative estimate of drug-likeness (QED) is 0.118. The van der Waals surface area contributed by atoms with Crippen LogP contribution in [0.5, 0.6) is 5.88 Å². The first-order valence-electron chi connectivity index (χ1n) is 16.0. The highest BCUT2D eigenvalue weighted by Gasteiger charge is 2.21. The third-order valence-electron chi connectivity index (χ3n) is 8.60. The van der Waals surface area contributed by atoms with Crippen LogP contribution in [0.1, 0.15) is 37.8 Å². The lowest BCUT2D eigenvalue weighted by Crippen LogP contribution is -2.35. The Morgan fingerprint density at radius 3 is 2.54 bits per heavy atom. The molecule has 9 nitrogen and oxygen atoms in total. The van der Waals surface area contributed by atoms with Gasteiger partial charge in [-0.25, -0.2) is 4.98 Å². The van der Waals surface area contributed by atoms with Crippen LogP contribution in [0, 0.1) is 0 Å². The van der Waals surface area contributed by atoms with E-state index in [0.29, 0.717) is 59.9 Å². The van der Waals surface area contributed by atoms with E-state index >= 15 is 0 Å². The maximum absolute atomic E-state index is 11.5. The SMILES string of the molecule is COc1nc(-c2cccc(-c3ccnc(-c4ccc5c(CNCC(C)(C)O)cn(C)c5c4)c3Cl)c2Cl)ccc1CNCC1CCC(=O)N1. The van der Waals surface area contributed by atoms with E-state index in [9.17, 15) is 9.90 Å². The van der Waals surface area contributed by atoms with Gasteiger partial charge in [-0.1, -0.05) is 59.6 Å². The first kappa shape index (κ1) is 33.9. The molecule has 5 aromatic rings. The van der Waals surface area contributed by atoms with Gasteiger partial charge in [-0.3, -0.25) is 9.78 Å². The van der Waals surface area contributed by atoms with E-state index in [1.165, 1.54) is 0 Å². The molecular formula is C37H40Cl2N6O3. The molecule has 2 aromatic carbocycles. The van der Waals surface area contributed by atoms with Crippen molar-refractivity contribution in [1.82, 2.24) is 30.5 Å². The van der Waals surface area contributed by atoms with Crippen LogP contribution in [-0.2, 0) is 24.9 Å². The molecule has 1 unspecified atom stereocenters. The number of rotatable bonds is 12. The molecule has 48 heavy (non-hydrogen) atoms. The smallest absolute Gasteiger partial charge is 0.220 e. The Morgan fingerprint density at radius 1 is 1.02 bits per heavy atom. The molecular weight excluding hydrogens is 647 g/mol. The van der Waals surface area contributed by atoms with Gasteiger partial charge in [-0.15, -0.1) is 0 Å². The fraction of sp³-hybridized carbons (Fsp3) is 0.324. The second-order valence-electron chi connectivity index (χ2n) is 12.9. The highest BCUT2D eigenvalue weighted by atomic mass is 35.5. The van der Waals surface area contributed by atoms with Gasteiger partial charge < -0.3 is 30.4 Å². The summed E-state index contributed by atoms with van der Waals surface area (Å²) in [6.07, 6.45) is 5.27. The lowest BCUT2D eigenvalue weighted by Gasteiger charge is -2.17. The minimum absolute atomic E-state index is 0.102. The van der Waals surface area contributed by atoms with Gasteiger partial charge in [-0.2, -0.15) is 0 Å². The summed E-state index contributed by atoms with van der Waals surface area (Å²) in [6.45, 7) is 5.95. The maximum atomic E-state index is 11.5. The number of aliphatic hydroxyl groups is 1. The van der Waals surface area contributed by atoms with Crippen LogP contribution in [0.25, 0.3) is 44.5 Å². The molecule has 3 aromatic heterocycles. The molecule has 1 saturated heterocycles. The first-order chi connectivity index (χ1) is 23.0. The Balaban J connectivity index is 1.25. The molecule has 0 saturated carbocycles. The van der Waals surface area contributed by atoms with Gasteiger partial charge in [0.25, 0.3) is 0 Å². The van der Waals surface area contributed by atoms with Crippen molar-refractivity contribution in [2.45, 2.75) is 51.4 Å². The van der Waals surface area contributed by atoms with Gasteiger partial charge in [0.2, 0.25) is 11.8 Å². The number of methoxy groups -OCH3 is 1. The first-order valence-corrected chi connectivity index (χ1v) is 16.8. The predicted molar refractivity (Wildman–Crippen MR) is 192 cm³/mol. The number of hydrogen-bond acceptors (Lipinski definition) is 7. The Hall–Kier alpha value is -3.99. The number of fused-ring (bicyclic) bond motifs is 1. The lowest BCUT2D eigenvalue weighted by atomic mass is 9.99. The van der Waals surface area contributed by atoms with Gasteiger partial charge in [-0.05, 0) is 44.0 Å². The number of amides is 1. The van der Waals surface area contributed by atoms with Gasteiger partial charge in [0.15, 0.2) is 0 Å². The number of carbonyl (C=O) groups excluding carboxylic acids is 1. The number of ether oxygens (including phenoxy) is 1. The van der Waals surface area contributed by atoms with Crippen LogP contribution in [0.4, 0.5) is 0 Å². The van der Waals surface area contributed by atoms with E-state index in [4.69, 9.17) is 32.9 Å². The molecule has 0 bridgehead atoms. The lowest BCUT2D eigenvalue weighted by molar-refractivity contribution is -0.119. The third-order valence-corrected chi connectivity index (χ3v) is 9.39. The summed E-state index contributed by atoms with van der Waals surface area (Å²) in [6, 6.07) is 18.0. The van der Waals surface area contributed by atoms with Crippen LogP contribution in [0.2, 0.25) is 10.0 Å². The van der Waals surface area contributed by atoms with Crippen LogP contribution in [0.15, 0.2) is 67.0 Å². The third kappa shape index (κ3) is 7.36. The minimum atomic E-state index is -0.781. The normalized spacial score (nSPS) is 14.9. The standard InChI is InChI=1S/C37H40Cl2N6O3/c1-37(2,47)21-41-18-24-20-45(3)31-16-22(8-11-26(24)31)35-34(39)28(14-15-42-35)27-6-5-7-29(33(27)38)30-12-9-23(36(44-30)48-4)17-40-19-25-10-13-32(46)43-25/h5-9,11-12,14-16,20,25,40-41,47H,10,13,17-19,21H2,1-4H3,(H,43,46). The molecule has 4 heterocycles. The summed E-state index contributed by atoms with van der Waals surface area (Å²) in [7, 11) is 3.62. The van der Waals surface area contributed by atoms with Crippen molar-refractivity contribution in [1.29, 1.82) is 0 Å². The number of nitrogens with one attached hydrogen (secondary N) is 3.